The topological polar surface area (TPSA) is 83.8 Å². The van der Waals surface area contributed by atoms with E-state index in [0.717, 1.165) is 12.8 Å². The maximum Gasteiger partial charge on any atom is 0.366 e. The molecule has 0 radical (unpaired) electrons. The molecule has 1 aliphatic rings. The average Bonchev–Trinajstić information content (AvgIpc) is 2.75. The second-order valence-corrected chi connectivity index (χ2v) is 4.28. The van der Waals surface area contributed by atoms with E-state index in [2.05, 4.69) is 22.4 Å². The molecule has 0 spiro atoms. The molecule has 0 amide bonds. The number of H-pyrrole nitrogens is 1. The SMILES string of the molecule is CC1(Nc2cn[nH]c2[N+](=O)[O-])CCCC1. The lowest BCUT2D eigenvalue weighted by Crippen LogP contribution is -2.30. The van der Waals surface area contributed by atoms with Crippen LogP contribution in [0.4, 0.5) is 11.5 Å². The van der Waals surface area contributed by atoms with Crippen LogP contribution in [0.2, 0.25) is 0 Å². The number of hydrogen-bond donors (Lipinski definition) is 2. The molecule has 6 heteroatoms. The summed E-state index contributed by atoms with van der Waals surface area (Å²) in [7, 11) is 0. The Labute approximate surface area is 87.2 Å². The van der Waals surface area contributed by atoms with Crippen LogP contribution in [0.5, 0.6) is 0 Å². The highest BCUT2D eigenvalue weighted by Crippen LogP contribution is 2.34. The predicted molar refractivity (Wildman–Crippen MR) is 55.7 cm³/mol. The van der Waals surface area contributed by atoms with Crippen LogP contribution in [-0.2, 0) is 0 Å². The normalized spacial score (nSPS) is 19.0. The molecule has 1 heterocycles. The van der Waals surface area contributed by atoms with Gasteiger partial charge in [0.05, 0.1) is 0 Å². The van der Waals surface area contributed by atoms with Gasteiger partial charge in [-0.05, 0) is 24.7 Å². The Kier molecular flexibility index (Phi) is 2.34. The minimum Gasteiger partial charge on any atom is -0.372 e. The van der Waals surface area contributed by atoms with E-state index in [1.165, 1.54) is 19.0 Å². The minimum atomic E-state index is -0.451. The van der Waals surface area contributed by atoms with Crippen molar-refractivity contribution >= 4 is 11.5 Å². The van der Waals surface area contributed by atoms with Gasteiger partial charge in [-0.2, -0.15) is 0 Å². The summed E-state index contributed by atoms with van der Waals surface area (Å²) in [5.74, 6) is -0.0527. The first-order valence-electron chi connectivity index (χ1n) is 5.07. The summed E-state index contributed by atoms with van der Waals surface area (Å²) in [6.07, 6.45) is 5.93. The molecule has 0 saturated heterocycles. The Morgan fingerprint density at radius 3 is 2.87 bits per heavy atom. The van der Waals surface area contributed by atoms with Crippen LogP contribution in [0.15, 0.2) is 6.20 Å². The smallest absolute Gasteiger partial charge is 0.366 e. The third kappa shape index (κ3) is 1.93. The van der Waals surface area contributed by atoms with Gasteiger partial charge in [-0.15, -0.1) is 5.10 Å². The van der Waals surface area contributed by atoms with E-state index < -0.39 is 4.92 Å². The number of anilines is 1. The summed E-state index contributed by atoms with van der Waals surface area (Å²) >= 11 is 0. The molecule has 0 bridgehead atoms. The molecule has 2 N–H and O–H groups in total. The third-order valence-electron chi connectivity index (χ3n) is 2.95. The lowest BCUT2D eigenvalue weighted by Gasteiger charge is -2.25. The molecule has 1 aromatic heterocycles. The molecular weight excluding hydrogens is 196 g/mol. The maximum absolute atomic E-state index is 10.7. The van der Waals surface area contributed by atoms with Gasteiger partial charge in [0.25, 0.3) is 0 Å². The highest BCUT2D eigenvalue weighted by Gasteiger charge is 2.31. The fourth-order valence-electron chi connectivity index (χ4n) is 2.12. The Morgan fingerprint density at radius 2 is 2.27 bits per heavy atom. The van der Waals surface area contributed by atoms with Gasteiger partial charge in [-0.1, -0.05) is 17.9 Å². The van der Waals surface area contributed by atoms with Crippen molar-refractivity contribution in [2.75, 3.05) is 5.32 Å². The van der Waals surface area contributed by atoms with Gasteiger partial charge < -0.3 is 15.4 Å². The molecule has 1 saturated carbocycles. The van der Waals surface area contributed by atoms with Gasteiger partial charge in [0, 0.05) is 5.54 Å². The summed E-state index contributed by atoms with van der Waals surface area (Å²) in [6, 6.07) is 0. The van der Waals surface area contributed by atoms with Gasteiger partial charge >= 0.3 is 5.82 Å². The largest absolute Gasteiger partial charge is 0.372 e. The van der Waals surface area contributed by atoms with Crippen LogP contribution in [0.1, 0.15) is 32.6 Å². The monoisotopic (exact) mass is 210 g/mol. The lowest BCUT2D eigenvalue weighted by atomic mass is 10.0. The van der Waals surface area contributed by atoms with Crippen molar-refractivity contribution in [2.45, 2.75) is 38.1 Å². The van der Waals surface area contributed by atoms with Crippen molar-refractivity contribution in [2.24, 2.45) is 0 Å². The van der Waals surface area contributed by atoms with E-state index >= 15 is 0 Å². The summed E-state index contributed by atoms with van der Waals surface area (Å²) in [4.78, 5) is 10.2. The van der Waals surface area contributed by atoms with Gasteiger partial charge in [-0.3, -0.25) is 0 Å². The molecule has 0 aromatic carbocycles. The zero-order valence-electron chi connectivity index (χ0n) is 8.62. The summed E-state index contributed by atoms with van der Waals surface area (Å²) in [5, 5.41) is 19.9. The highest BCUT2D eigenvalue weighted by atomic mass is 16.6. The van der Waals surface area contributed by atoms with Gasteiger partial charge in [-0.25, -0.2) is 0 Å². The maximum atomic E-state index is 10.7. The summed E-state index contributed by atoms with van der Waals surface area (Å²) in [5.41, 5.74) is 0.471. The first-order chi connectivity index (χ1) is 7.11. The molecule has 1 aliphatic carbocycles. The van der Waals surface area contributed by atoms with E-state index in [0.29, 0.717) is 5.69 Å². The number of rotatable bonds is 3. The molecule has 6 nitrogen and oxygen atoms in total. The molecule has 0 aliphatic heterocycles. The molecule has 82 valence electrons. The number of aromatic amines is 1. The minimum absolute atomic E-state index is 0.0192. The molecular formula is C9H14N4O2. The second-order valence-electron chi connectivity index (χ2n) is 4.28. The van der Waals surface area contributed by atoms with E-state index in [1.54, 1.807) is 0 Å². The van der Waals surface area contributed by atoms with Crippen molar-refractivity contribution in [3.8, 4) is 0 Å². The third-order valence-corrected chi connectivity index (χ3v) is 2.95. The number of aromatic nitrogens is 2. The molecule has 1 fully saturated rings. The van der Waals surface area contributed by atoms with Crippen molar-refractivity contribution in [1.29, 1.82) is 0 Å². The molecule has 1 aromatic rings. The number of nitrogens with one attached hydrogen (secondary N) is 2. The van der Waals surface area contributed by atoms with Crippen LogP contribution in [-0.4, -0.2) is 20.7 Å². The molecule has 0 unspecified atom stereocenters. The van der Waals surface area contributed by atoms with Crippen molar-refractivity contribution in [3.05, 3.63) is 16.3 Å². The fourth-order valence-corrected chi connectivity index (χ4v) is 2.12. The first kappa shape index (κ1) is 9.95. The quantitative estimate of drug-likeness (QED) is 0.590. The molecule has 15 heavy (non-hydrogen) atoms. The van der Waals surface area contributed by atoms with E-state index in [4.69, 9.17) is 0 Å². The van der Waals surface area contributed by atoms with Crippen LogP contribution < -0.4 is 5.32 Å². The first-order valence-corrected chi connectivity index (χ1v) is 5.07. The van der Waals surface area contributed by atoms with Crippen LogP contribution in [0.25, 0.3) is 0 Å². The van der Waals surface area contributed by atoms with Crippen molar-refractivity contribution in [1.82, 2.24) is 10.2 Å². The molecule has 0 atom stereocenters. The predicted octanol–water partition coefficient (Wildman–Crippen LogP) is 2.06. The van der Waals surface area contributed by atoms with Gasteiger partial charge in [0.15, 0.2) is 5.69 Å². The highest BCUT2D eigenvalue weighted by molar-refractivity contribution is 5.57. The number of nitro groups is 1. The van der Waals surface area contributed by atoms with Crippen LogP contribution in [0.3, 0.4) is 0 Å². The van der Waals surface area contributed by atoms with E-state index in [1.807, 2.05) is 0 Å². The van der Waals surface area contributed by atoms with Crippen molar-refractivity contribution < 1.29 is 4.92 Å². The Hall–Kier alpha value is -1.59. The number of hydrogen-bond acceptors (Lipinski definition) is 4. The number of nitrogens with zero attached hydrogens (tertiary/aromatic N) is 2. The molecule has 2 rings (SSSR count). The van der Waals surface area contributed by atoms with Gasteiger partial charge in [0.2, 0.25) is 0 Å². The second kappa shape index (κ2) is 3.52. The Balaban J connectivity index is 2.16. The Morgan fingerprint density at radius 1 is 1.60 bits per heavy atom. The van der Waals surface area contributed by atoms with Crippen molar-refractivity contribution in [3.63, 3.8) is 0 Å². The van der Waals surface area contributed by atoms with E-state index in [-0.39, 0.29) is 11.4 Å². The zero-order valence-corrected chi connectivity index (χ0v) is 8.62. The van der Waals surface area contributed by atoms with E-state index in [9.17, 15) is 10.1 Å². The lowest BCUT2D eigenvalue weighted by molar-refractivity contribution is -0.388. The average molecular weight is 210 g/mol. The Bertz CT molecular complexity index is 368. The standard InChI is InChI=1S/C9H14N4O2/c1-9(4-2-3-5-9)11-7-6-10-12-8(7)13(14)15/h6,11H,2-5H2,1H3,(H,10,12). The fraction of sp³-hybridized carbons (Fsp3) is 0.667. The van der Waals surface area contributed by atoms with Crippen LogP contribution in [0, 0.1) is 10.1 Å². The summed E-state index contributed by atoms with van der Waals surface area (Å²) in [6.45, 7) is 2.09. The van der Waals surface area contributed by atoms with Crippen LogP contribution >= 0.6 is 0 Å². The van der Waals surface area contributed by atoms with Gasteiger partial charge in [0.1, 0.15) is 6.20 Å². The summed E-state index contributed by atoms with van der Waals surface area (Å²) < 4.78 is 0. The zero-order chi connectivity index (χ0) is 10.9.